The Kier molecular flexibility index (Phi) is 8.39. The van der Waals surface area contributed by atoms with Gasteiger partial charge in [-0.2, -0.15) is 0 Å². The summed E-state index contributed by atoms with van der Waals surface area (Å²) in [6, 6.07) is 10.4. The Balaban J connectivity index is 1.68. The zero-order valence-electron chi connectivity index (χ0n) is 18.9. The molecule has 0 aromatic heterocycles. The Morgan fingerprint density at radius 2 is 1.78 bits per heavy atom. The molecule has 7 heteroatoms. The van der Waals surface area contributed by atoms with Gasteiger partial charge < -0.3 is 19.7 Å². The lowest BCUT2D eigenvalue weighted by atomic mass is 9.94. The van der Waals surface area contributed by atoms with E-state index in [4.69, 9.17) is 21.1 Å². The summed E-state index contributed by atoms with van der Waals surface area (Å²) in [6.07, 6.45) is 6.55. The number of nitrogens with zero attached hydrogens (tertiary/aromatic N) is 1. The third-order valence-corrected chi connectivity index (χ3v) is 6.06. The zero-order chi connectivity index (χ0) is 23.1. The molecular formula is C25H31ClN2O4. The number of carbonyl (C=O) groups excluding carboxylic acids is 2. The average Bonchev–Trinajstić information content (AvgIpc) is 2.82. The number of ether oxygens (including phenoxy) is 2. The van der Waals surface area contributed by atoms with E-state index in [1.54, 1.807) is 36.4 Å². The summed E-state index contributed by atoms with van der Waals surface area (Å²) in [5.74, 6) is 0.514. The highest BCUT2D eigenvalue weighted by Gasteiger charge is 2.23. The maximum absolute atomic E-state index is 12.8. The fraction of sp³-hybridized carbons (Fsp3) is 0.440. The quantitative estimate of drug-likeness (QED) is 0.543. The van der Waals surface area contributed by atoms with E-state index >= 15 is 0 Å². The Labute approximate surface area is 194 Å². The predicted octanol–water partition coefficient (Wildman–Crippen LogP) is 5.79. The third kappa shape index (κ3) is 5.74. The molecule has 1 aliphatic rings. The van der Waals surface area contributed by atoms with Crippen molar-refractivity contribution in [2.24, 2.45) is 0 Å². The van der Waals surface area contributed by atoms with Crippen LogP contribution in [-0.4, -0.2) is 43.5 Å². The standard InChI is InChI=1S/C25H31ClN2O4/c1-4-14-32-23-21(26)15-18(16-22(23)31-3)24(29)27-19-12-10-17(11-13-19)25(30)28(2)20-8-6-5-7-9-20/h10-13,15-16,20H,4-9,14H2,1-3H3,(H,27,29). The first-order valence-corrected chi connectivity index (χ1v) is 11.5. The fourth-order valence-electron chi connectivity index (χ4n) is 3.93. The van der Waals surface area contributed by atoms with Crippen LogP contribution in [0.15, 0.2) is 36.4 Å². The van der Waals surface area contributed by atoms with Crippen LogP contribution < -0.4 is 14.8 Å². The Bertz CT molecular complexity index is 940. The lowest BCUT2D eigenvalue weighted by Crippen LogP contribution is -2.38. The van der Waals surface area contributed by atoms with Crippen molar-refractivity contribution in [2.75, 3.05) is 26.1 Å². The molecule has 6 nitrogen and oxygen atoms in total. The molecule has 0 radical (unpaired) electrons. The first-order chi connectivity index (χ1) is 15.4. The van der Waals surface area contributed by atoms with Gasteiger partial charge in [0, 0.05) is 29.9 Å². The molecule has 0 unspecified atom stereocenters. The van der Waals surface area contributed by atoms with Crippen LogP contribution in [0.4, 0.5) is 5.69 Å². The van der Waals surface area contributed by atoms with E-state index in [0.717, 1.165) is 19.3 Å². The molecule has 1 N–H and O–H groups in total. The van der Waals surface area contributed by atoms with Gasteiger partial charge in [-0.3, -0.25) is 9.59 Å². The summed E-state index contributed by atoms with van der Waals surface area (Å²) in [5, 5.41) is 3.15. The number of anilines is 1. The van der Waals surface area contributed by atoms with Crippen LogP contribution in [0.2, 0.25) is 5.02 Å². The Morgan fingerprint density at radius 1 is 1.09 bits per heavy atom. The van der Waals surface area contributed by atoms with Gasteiger partial charge in [-0.15, -0.1) is 0 Å². The van der Waals surface area contributed by atoms with Gasteiger partial charge >= 0.3 is 0 Å². The molecule has 2 aromatic rings. The topological polar surface area (TPSA) is 67.9 Å². The first-order valence-electron chi connectivity index (χ1n) is 11.1. The number of hydrogen-bond donors (Lipinski definition) is 1. The van der Waals surface area contributed by atoms with Gasteiger partial charge in [0.2, 0.25) is 0 Å². The number of halogens is 1. The second-order valence-electron chi connectivity index (χ2n) is 8.08. The summed E-state index contributed by atoms with van der Waals surface area (Å²) >= 11 is 6.32. The number of carbonyl (C=O) groups is 2. The smallest absolute Gasteiger partial charge is 0.255 e. The van der Waals surface area contributed by atoms with Crippen LogP contribution in [0.5, 0.6) is 11.5 Å². The zero-order valence-corrected chi connectivity index (χ0v) is 19.7. The van der Waals surface area contributed by atoms with Gasteiger partial charge in [0.1, 0.15) is 0 Å². The highest BCUT2D eigenvalue weighted by Crippen LogP contribution is 2.36. The number of nitrogens with one attached hydrogen (secondary N) is 1. The van der Waals surface area contributed by atoms with Gasteiger partial charge in [-0.25, -0.2) is 0 Å². The van der Waals surface area contributed by atoms with Gasteiger partial charge in [0.05, 0.1) is 18.7 Å². The minimum Gasteiger partial charge on any atom is -0.493 e. The summed E-state index contributed by atoms with van der Waals surface area (Å²) in [4.78, 5) is 27.4. The number of benzene rings is 2. The van der Waals surface area contributed by atoms with E-state index < -0.39 is 0 Å². The monoisotopic (exact) mass is 458 g/mol. The minimum atomic E-state index is -0.328. The number of amides is 2. The second kappa shape index (κ2) is 11.2. The summed E-state index contributed by atoms with van der Waals surface area (Å²) in [7, 11) is 3.38. The number of rotatable bonds is 8. The van der Waals surface area contributed by atoms with E-state index in [-0.39, 0.29) is 11.8 Å². The number of methoxy groups -OCH3 is 1. The minimum absolute atomic E-state index is 0.00830. The van der Waals surface area contributed by atoms with Crippen LogP contribution in [0.1, 0.15) is 66.2 Å². The van der Waals surface area contributed by atoms with Crippen molar-refractivity contribution in [1.82, 2.24) is 4.90 Å². The number of hydrogen-bond acceptors (Lipinski definition) is 4. The molecule has 1 aliphatic carbocycles. The molecule has 1 fully saturated rings. The van der Waals surface area contributed by atoms with Crippen molar-refractivity contribution in [2.45, 2.75) is 51.5 Å². The highest BCUT2D eigenvalue weighted by molar-refractivity contribution is 6.32. The molecule has 2 aromatic carbocycles. The molecule has 1 saturated carbocycles. The molecule has 0 bridgehead atoms. The normalized spacial score (nSPS) is 14.0. The largest absolute Gasteiger partial charge is 0.493 e. The molecule has 172 valence electrons. The van der Waals surface area contributed by atoms with Gasteiger partial charge in [0.25, 0.3) is 11.8 Å². The maximum atomic E-state index is 12.8. The van der Waals surface area contributed by atoms with Crippen LogP contribution in [0.25, 0.3) is 0 Å². The van der Waals surface area contributed by atoms with Gasteiger partial charge in [-0.05, 0) is 55.7 Å². The van der Waals surface area contributed by atoms with Crippen molar-refractivity contribution >= 4 is 29.1 Å². The Morgan fingerprint density at radius 3 is 2.41 bits per heavy atom. The van der Waals surface area contributed by atoms with Gasteiger partial charge in [0.15, 0.2) is 11.5 Å². The highest BCUT2D eigenvalue weighted by atomic mass is 35.5. The van der Waals surface area contributed by atoms with Crippen molar-refractivity contribution in [1.29, 1.82) is 0 Å². The predicted molar refractivity (Wildman–Crippen MR) is 127 cm³/mol. The van der Waals surface area contributed by atoms with Crippen LogP contribution in [-0.2, 0) is 0 Å². The van der Waals surface area contributed by atoms with Crippen LogP contribution in [0.3, 0.4) is 0 Å². The maximum Gasteiger partial charge on any atom is 0.255 e. The lowest BCUT2D eigenvalue weighted by molar-refractivity contribution is 0.0696. The summed E-state index contributed by atoms with van der Waals surface area (Å²) in [5.41, 5.74) is 1.55. The van der Waals surface area contributed by atoms with Crippen molar-refractivity contribution in [3.8, 4) is 11.5 Å². The molecule has 0 aliphatic heterocycles. The van der Waals surface area contributed by atoms with Crippen molar-refractivity contribution in [3.05, 3.63) is 52.5 Å². The van der Waals surface area contributed by atoms with Crippen molar-refractivity contribution in [3.63, 3.8) is 0 Å². The second-order valence-corrected chi connectivity index (χ2v) is 8.48. The molecule has 32 heavy (non-hydrogen) atoms. The van der Waals surface area contributed by atoms with Crippen LogP contribution >= 0.6 is 11.6 Å². The fourth-order valence-corrected chi connectivity index (χ4v) is 4.20. The van der Waals surface area contributed by atoms with E-state index in [9.17, 15) is 9.59 Å². The van der Waals surface area contributed by atoms with E-state index in [1.165, 1.54) is 26.4 Å². The summed E-state index contributed by atoms with van der Waals surface area (Å²) < 4.78 is 11.0. The Hall–Kier alpha value is -2.73. The molecule has 2 amide bonds. The molecule has 0 spiro atoms. The van der Waals surface area contributed by atoms with Gasteiger partial charge in [-0.1, -0.05) is 37.8 Å². The van der Waals surface area contributed by atoms with Crippen LogP contribution in [0, 0.1) is 0 Å². The third-order valence-electron chi connectivity index (χ3n) is 5.77. The summed E-state index contributed by atoms with van der Waals surface area (Å²) in [6.45, 7) is 2.50. The lowest BCUT2D eigenvalue weighted by Gasteiger charge is -2.31. The SMILES string of the molecule is CCCOc1c(Cl)cc(C(=O)Nc2ccc(C(=O)N(C)C3CCCCC3)cc2)cc1OC. The first kappa shape index (κ1) is 23.9. The van der Waals surface area contributed by atoms with E-state index in [1.807, 2.05) is 18.9 Å². The average molecular weight is 459 g/mol. The van der Waals surface area contributed by atoms with E-state index in [2.05, 4.69) is 5.32 Å². The molecular weight excluding hydrogens is 428 g/mol. The van der Waals surface area contributed by atoms with Crippen molar-refractivity contribution < 1.29 is 19.1 Å². The molecule has 0 saturated heterocycles. The molecule has 3 rings (SSSR count). The molecule has 0 atom stereocenters. The molecule has 0 heterocycles. The van der Waals surface area contributed by atoms with E-state index in [0.29, 0.717) is 46.0 Å².